The zero-order valence-electron chi connectivity index (χ0n) is 16.5. The third-order valence-corrected chi connectivity index (χ3v) is 3.48. The minimum Gasteiger partial charge on any atom is -0.487 e. The smallest absolute Gasteiger partial charge is 0.309 e. The number of rotatable bonds is 9. The van der Waals surface area contributed by atoms with Gasteiger partial charge in [0, 0.05) is 7.11 Å². The molecule has 1 rings (SSSR count). The molecule has 1 aromatic carbocycles. The minimum absolute atomic E-state index is 0.0380. The number of para-hydroxylation sites is 1. The van der Waals surface area contributed by atoms with E-state index in [0.717, 1.165) is 0 Å². The average Bonchev–Trinajstić information content (AvgIpc) is 2.53. The summed E-state index contributed by atoms with van der Waals surface area (Å²) >= 11 is 0. The molecule has 6 heteroatoms. The molecule has 0 heterocycles. The topological polar surface area (TPSA) is 71.1 Å². The number of methoxy groups -OCH3 is 1. The Kier molecular flexibility index (Phi) is 8.58. The summed E-state index contributed by atoms with van der Waals surface area (Å²) in [4.78, 5) is 24.2. The van der Waals surface area contributed by atoms with Crippen LogP contribution in [0.2, 0.25) is 0 Å². The molecule has 0 saturated heterocycles. The number of hydrogen-bond donors (Lipinski definition) is 0. The Morgan fingerprint density at radius 1 is 1.08 bits per heavy atom. The van der Waals surface area contributed by atoms with E-state index in [1.54, 1.807) is 27.7 Å². The number of esters is 2. The molecule has 3 atom stereocenters. The van der Waals surface area contributed by atoms with Gasteiger partial charge in [-0.1, -0.05) is 25.1 Å². The van der Waals surface area contributed by atoms with Crippen molar-refractivity contribution in [1.82, 2.24) is 0 Å². The van der Waals surface area contributed by atoms with Gasteiger partial charge in [-0.25, -0.2) is 0 Å². The van der Waals surface area contributed by atoms with E-state index in [0.29, 0.717) is 5.75 Å². The van der Waals surface area contributed by atoms with Gasteiger partial charge in [0.1, 0.15) is 17.5 Å². The SMILES string of the molecule is COC[C@@H](OC(=O)[C@H](C)CC(=O)OC(C)(C)C)[C@H](C)Oc1ccccc1. The van der Waals surface area contributed by atoms with Crippen LogP contribution in [-0.4, -0.2) is 43.5 Å². The van der Waals surface area contributed by atoms with Gasteiger partial charge < -0.3 is 18.9 Å². The molecule has 26 heavy (non-hydrogen) atoms. The van der Waals surface area contributed by atoms with Gasteiger partial charge in [0.25, 0.3) is 0 Å². The maximum atomic E-state index is 12.3. The number of carbonyl (C=O) groups is 2. The van der Waals surface area contributed by atoms with Crippen molar-refractivity contribution in [2.75, 3.05) is 13.7 Å². The van der Waals surface area contributed by atoms with Crippen LogP contribution in [0.3, 0.4) is 0 Å². The van der Waals surface area contributed by atoms with Crippen molar-refractivity contribution < 1.29 is 28.5 Å². The van der Waals surface area contributed by atoms with Crippen LogP contribution in [0.4, 0.5) is 0 Å². The van der Waals surface area contributed by atoms with Crippen molar-refractivity contribution in [1.29, 1.82) is 0 Å². The Morgan fingerprint density at radius 2 is 1.69 bits per heavy atom. The van der Waals surface area contributed by atoms with Crippen molar-refractivity contribution in [3.63, 3.8) is 0 Å². The molecule has 0 aliphatic heterocycles. The lowest BCUT2D eigenvalue weighted by atomic mass is 10.1. The second-order valence-electron chi connectivity index (χ2n) is 7.26. The first-order chi connectivity index (χ1) is 12.1. The van der Waals surface area contributed by atoms with E-state index in [-0.39, 0.29) is 13.0 Å². The zero-order chi connectivity index (χ0) is 19.7. The zero-order valence-corrected chi connectivity index (χ0v) is 16.5. The molecule has 0 aliphatic carbocycles. The lowest BCUT2D eigenvalue weighted by Gasteiger charge is -2.26. The quantitative estimate of drug-likeness (QED) is 0.624. The van der Waals surface area contributed by atoms with E-state index in [1.807, 2.05) is 37.3 Å². The minimum atomic E-state index is -0.617. The molecular formula is C20H30O6. The highest BCUT2D eigenvalue weighted by Gasteiger charge is 2.28. The Morgan fingerprint density at radius 3 is 2.23 bits per heavy atom. The van der Waals surface area contributed by atoms with Crippen LogP contribution in [0, 0.1) is 5.92 Å². The molecule has 0 radical (unpaired) electrons. The molecule has 0 aliphatic rings. The highest BCUT2D eigenvalue weighted by Crippen LogP contribution is 2.17. The van der Waals surface area contributed by atoms with Crippen LogP contribution in [0.5, 0.6) is 5.75 Å². The molecule has 0 N–H and O–H groups in total. The molecule has 0 bridgehead atoms. The number of benzene rings is 1. The summed E-state index contributed by atoms with van der Waals surface area (Å²) in [5.41, 5.74) is -0.586. The summed E-state index contributed by atoms with van der Waals surface area (Å²) in [6, 6.07) is 9.27. The highest BCUT2D eigenvalue weighted by atomic mass is 16.6. The number of ether oxygens (including phenoxy) is 4. The number of carbonyl (C=O) groups excluding carboxylic acids is 2. The van der Waals surface area contributed by atoms with Gasteiger partial charge in [-0.2, -0.15) is 0 Å². The maximum Gasteiger partial charge on any atom is 0.309 e. The molecule has 0 amide bonds. The van der Waals surface area contributed by atoms with Crippen LogP contribution in [-0.2, 0) is 23.8 Å². The van der Waals surface area contributed by atoms with E-state index in [2.05, 4.69) is 0 Å². The maximum absolute atomic E-state index is 12.3. The first kappa shape index (κ1) is 22.0. The highest BCUT2D eigenvalue weighted by molar-refractivity contribution is 5.79. The van der Waals surface area contributed by atoms with Crippen LogP contribution in [0.15, 0.2) is 30.3 Å². The summed E-state index contributed by atoms with van der Waals surface area (Å²) in [7, 11) is 1.53. The van der Waals surface area contributed by atoms with Crippen molar-refractivity contribution in [3.05, 3.63) is 30.3 Å². The number of hydrogen-bond acceptors (Lipinski definition) is 6. The first-order valence-corrected chi connectivity index (χ1v) is 8.75. The normalized spacial score (nSPS) is 14.8. The first-order valence-electron chi connectivity index (χ1n) is 8.75. The van der Waals surface area contributed by atoms with Crippen molar-refractivity contribution in [2.45, 2.75) is 58.8 Å². The van der Waals surface area contributed by atoms with Crippen LogP contribution in [0.1, 0.15) is 41.0 Å². The lowest BCUT2D eigenvalue weighted by Crippen LogP contribution is -2.38. The molecule has 0 saturated carbocycles. The predicted octanol–water partition coefficient (Wildman–Crippen LogP) is 3.38. The third-order valence-electron chi connectivity index (χ3n) is 3.48. The lowest BCUT2D eigenvalue weighted by molar-refractivity contribution is -0.167. The van der Waals surface area contributed by atoms with Crippen LogP contribution >= 0.6 is 0 Å². The van der Waals surface area contributed by atoms with E-state index in [9.17, 15) is 9.59 Å². The van der Waals surface area contributed by atoms with Crippen molar-refractivity contribution in [3.8, 4) is 5.75 Å². The van der Waals surface area contributed by atoms with Gasteiger partial charge >= 0.3 is 11.9 Å². The fourth-order valence-corrected chi connectivity index (χ4v) is 2.20. The van der Waals surface area contributed by atoms with Gasteiger partial charge in [0.15, 0.2) is 6.10 Å². The monoisotopic (exact) mass is 366 g/mol. The van der Waals surface area contributed by atoms with Crippen LogP contribution in [0.25, 0.3) is 0 Å². The van der Waals surface area contributed by atoms with Crippen molar-refractivity contribution >= 4 is 11.9 Å². The van der Waals surface area contributed by atoms with Crippen LogP contribution < -0.4 is 4.74 Å². The Hall–Kier alpha value is -2.08. The molecular weight excluding hydrogens is 336 g/mol. The fraction of sp³-hybridized carbons (Fsp3) is 0.600. The van der Waals surface area contributed by atoms with E-state index < -0.39 is 35.7 Å². The third kappa shape index (κ3) is 8.34. The van der Waals surface area contributed by atoms with E-state index in [4.69, 9.17) is 18.9 Å². The van der Waals surface area contributed by atoms with Gasteiger partial charge in [-0.05, 0) is 39.8 Å². The molecule has 6 nitrogen and oxygen atoms in total. The summed E-state index contributed by atoms with van der Waals surface area (Å²) < 4.78 is 21.7. The summed E-state index contributed by atoms with van der Waals surface area (Å²) in [5.74, 6) is -0.854. The molecule has 0 unspecified atom stereocenters. The molecule has 146 valence electrons. The average molecular weight is 366 g/mol. The summed E-state index contributed by atoms with van der Waals surface area (Å²) in [6.07, 6.45) is -1.03. The Balaban J connectivity index is 2.61. The fourth-order valence-electron chi connectivity index (χ4n) is 2.20. The van der Waals surface area contributed by atoms with E-state index in [1.165, 1.54) is 7.11 Å². The largest absolute Gasteiger partial charge is 0.487 e. The molecule has 0 fully saturated rings. The summed E-state index contributed by atoms with van der Waals surface area (Å²) in [5, 5.41) is 0. The second kappa shape index (κ2) is 10.2. The molecule has 0 aromatic heterocycles. The van der Waals surface area contributed by atoms with E-state index >= 15 is 0 Å². The Bertz CT molecular complexity index is 563. The standard InChI is InChI=1S/C20H30O6/c1-14(12-18(21)26-20(3,4)5)19(22)25-17(13-23-6)15(2)24-16-10-8-7-9-11-16/h7-11,14-15,17H,12-13H2,1-6H3/t14-,15+,17-/m1/s1. The molecule has 0 spiro atoms. The van der Waals surface area contributed by atoms with Gasteiger partial charge in [-0.15, -0.1) is 0 Å². The second-order valence-corrected chi connectivity index (χ2v) is 7.26. The molecule has 1 aromatic rings. The van der Waals surface area contributed by atoms with Gasteiger partial charge in [0.05, 0.1) is 18.9 Å². The van der Waals surface area contributed by atoms with Gasteiger partial charge in [0.2, 0.25) is 0 Å². The predicted molar refractivity (Wildman–Crippen MR) is 97.9 cm³/mol. The Labute approximate surface area is 155 Å². The van der Waals surface area contributed by atoms with Gasteiger partial charge in [-0.3, -0.25) is 9.59 Å². The van der Waals surface area contributed by atoms with Crippen molar-refractivity contribution in [2.24, 2.45) is 5.92 Å². The summed E-state index contributed by atoms with van der Waals surface area (Å²) in [6.45, 7) is 8.99.